The number of ether oxygens (including phenoxy) is 1. The van der Waals surface area contributed by atoms with Gasteiger partial charge in [-0.05, 0) is 62.4 Å². The number of aryl methyl sites for hydroxylation is 2. The van der Waals surface area contributed by atoms with Crippen molar-refractivity contribution in [3.63, 3.8) is 0 Å². The Morgan fingerprint density at radius 3 is 2.78 bits per heavy atom. The fourth-order valence-electron chi connectivity index (χ4n) is 3.87. The molecule has 0 amide bonds. The van der Waals surface area contributed by atoms with Crippen molar-refractivity contribution in [2.24, 2.45) is 0 Å². The molecule has 0 bridgehead atoms. The highest BCUT2D eigenvalue weighted by atomic mass is 35.5. The third-order valence-electron chi connectivity index (χ3n) is 5.52. The summed E-state index contributed by atoms with van der Waals surface area (Å²) in [5, 5.41) is 9.01. The third kappa shape index (κ3) is 5.37. The van der Waals surface area contributed by atoms with E-state index in [-0.39, 0.29) is 18.8 Å². The van der Waals surface area contributed by atoms with Gasteiger partial charge in [-0.1, -0.05) is 18.2 Å². The average Bonchev–Trinajstić information content (AvgIpc) is 3.13. The number of nitrogens with zero attached hydrogens (tertiary/aromatic N) is 2. The van der Waals surface area contributed by atoms with Crippen molar-refractivity contribution in [2.45, 2.75) is 46.0 Å². The second-order valence-corrected chi connectivity index (χ2v) is 7.75. The second kappa shape index (κ2) is 10.5. The van der Waals surface area contributed by atoms with Crippen LogP contribution in [0.4, 0.5) is 0 Å². The maximum Gasteiger partial charge on any atom is 0.303 e. The van der Waals surface area contributed by atoms with Crippen LogP contribution < -0.4 is 4.74 Å². The van der Waals surface area contributed by atoms with Gasteiger partial charge in [-0.15, -0.1) is 12.4 Å². The lowest BCUT2D eigenvalue weighted by Crippen LogP contribution is -2.08. The van der Waals surface area contributed by atoms with Crippen LogP contribution in [0.3, 0.4) is 0 Å². The molecule has 0 unspecified atom stereocenters. The number of hydrogen-bond donors (Lipinski definition) is 1. The van der Waals surface area contributed by atoms with Gasteiger partial charge < -0.3 is 14.3 Å². The molecule has 0 fully saturated rings. The highest BCUT2D eigenvalue weighted by Gasteiger charge is 2.18. The Kier molecular flexibility index (Phi) is 7.70. The van der Waals surface area contributed by atoms with Gasteiger partial charge in [-0.2, -0.15) is 0 Å². The number of pyridine rings is 1. The molecule has 3 aromatic rings. The Morgan fingerprint density at radius 2 is 2.03 bits per heavy atom. The van der Waals surface area contributed by atoms with Gasteiger partial charge in [0.05, 0.1) is 17.9 Å². The van der Waals surface area contributed by atoms with Gasteiger partial charge in [-0.25, -0.2) is 4.98 Å². The topological polar surface area (TPSA) is 85.5 Å². The number of oxazole rings is 1. The molecule has 0 spiro atoms. The number of halogens is 1. The Balaban J connectivity index is 0.00000289. The summed E-state index contributed by atoms with van der Waals surface area (Å²) >= 11 is 0. The number of fused-ring (bicyclic) bond motifs is 1. The molecule has 0 aliphatic heterocycles. The molecule has 1 aliphatic rings. The van der Waals surface area contributed by atoms with Crippen molar-refractivity contribution < 1.29 is 19.1 Å². The zero-order chi connectivity index (χ0) is 21.8. The van der Waals surface area contributed by atoms with Crippen LogP contribution in [0.15, 0.2) is 47.0 Å². The largest absolute Gasteiger partial charge is 0.493 e. The predicted molar refractivity (Wildman–Crippen MR) is 125 cm³/mol. The van der Waals surface area contributed by atoms with Crippen LogP contribution >= 0.6 is 12.4 Å². The number of allylic oxidation sites excluding steroid dienone is 2. The van der Waals surface area contributed by atoms with Gasteiger partial charge in [0.1, 0.15) is 11.5 Å². The quantitative estimate of drug-likeness (QED) is 0.477. The SMILES string of the molecule is Cc1ccc(-c2nc(CCOc3cccc4c3CCC=C4CCC(=O)O)c(C)o2)cn1.Cl. The van der Waals surface area contributed by atoms with Crippen LogP contribution in [0, 0.1) is 13.8 Å². The molecular formula is C25H27ClN2O4. The maximum atomic E-state index is 11.0. The molecule has 6 nitrogen and oxygen atoms in total. The van der Waals surface area contributed by atoms with E-state index in [0.29, 0.717) is 25.3 Å². The van der Waals surface area contributed by atoms with Crippen molar-refractivity contribution in [1.82, 2.24) is 9.97 Å². The summed E-state index contributed by atoms with van der Waals surface area (Å²) < 4.78 is 12.0. The summed E-state index contributed by atoms with van der Waals surface area (Å²) in [5.74, 6) is 1.45. The summed E-state index contributed by atoms with van der Waals surface area (Å²) in [6, 6.07) is 9.91. The van der Waals surface area contributed by atoms with E-state index in [1.807, 2.05) is 38.1 Å². The summed E-state index contributed by atoms with van der Waals surface area (Å²) in [5.41, 5.74) is 6.05. The van der Waals surface area contributed by atoms with Gasteiger partial charge in [-0.3, -0.25) is 9.78 Å². The first-order valence-electron chi connectivity index (χ1n) is 10.6. The van der Waals surface area contributed by atoms with Crippen LogP contribution in [0.25, 0.3) is 17.0 Å². The van der Waals surface area contributed by atoms with Crippen molar-refractivity contribution in [2.75, 3.05) is 6.61 Å². The zero-order valence-electron chi connectivity index (χ0n) is 18.3. The molecule has 0 saturated carbocycles. The predicted octanol–water partition coefficient (Wildman–Crippen LogP) is 5.59. The molecule has 4 rings (SSSR count). The summed E-state index contributed by atoms with van der Waals surface area (Å²) in [4.78, 5) is 19.9. The van der Waals surface area contributed by atoms with Crippen molar-refractivity contribution >= 4 is 23.9 Å². The lowest BCUT2D eigenvalue weighted by atomic mass is 9.88. The van der Waals surface area contributed by atoms with Crippen LogP contribution in [-0.2, 0) is 17.6 Å². The molecule has 0 atom stereocenters. The minimum Gasteiger partial charge on any atom is -0.493 e. The van der Waals surface area contributed by atoms with Crippen molar-refractivity contribution in [1.29, 1.82) is 0 Å². The molecule has 0 saturated heterocycles. The van der Waals surface area contributed by atoms with Gasteiger partial charge in [0.2, 0.25) is 5.89 Å². The number of benzene rings is 1. The number of carbonyl (C=O) groups is 1. The molecule has 1 N–H and O–H groups in total. The Labute approximate surface area is 193 Å². The second-order valence-electron chi connectivity index (χ2n) is 7.75. The normalized spacial score (nSPS) is 12.5. The standard InChI is InChI=1S/C25H26N2O4.ClH/c1-16-9-10-19(15-26-16)25-27-22(17(2)31-25)13-14-30-23-8-4-6-20-18(11-12-24(28)29)5-3-7-21(20)23;/h4-6,8-10,15H,3,7,11-14H2,1-2H3,(H,28,29);1H. The minimum atomic E-state index is -0.774. The smallest absolute Gasteiger partial charge is 0.303 e. The van der Waals surface area contributed by atoms with E-state index in [1.54, 1.807) is 6.20 Å². The first-order valence-corrected chi connectivity index (χ1v) is 10.6. The van der Waals surface area contributed by atoms with E-state index in [4.69, 9.17) is 14.3 Å². The zero-order valence-corrected chi connectivity index (χ0v) is 19.1. The lowest BCUT2D eigenvalue weighted by molar-refractivity contribution is -0.136. The Morgan fingerprint density at radius 1 is 1.19 bits per heavy atom. The van der Waals surface area contributed by atoms with E-state index >= 15 is 0 Å². The third-order valence-corrected chi connectivity index (χ3v) is 5.52. The average molecular weight is 455 g/mol. The first-order chi connectivity index (χ1) is 15.0. The molecule has 2 aromatic heterocycles. The number of carboxylic acid groups (broad SMARTS) is 1. The number of carboxylic acids is 1. The van der Waals surface area contributed by atoms with Crippen LogP contribution in [0.5, 0.6) is 5.75 Å². The monoisotopic (exact) mass is 454 g/mol. The molecule has 7 heteroatoms. The summed E-state index contributed by atoms with van der Waals surface area (Å²) in [7, 11) is 0. The van der Waals surface area contributed by atoms with Crippen LogP contribution in [0.1, 0.15) is 47.5 Å². The van der Waals surface area contributed by atoms with E-state index in [0.717, 1.165) is 58.0 Å². The highest BCUT2D eigenvalue weighted by molar-refractivity contribution is 5.85. The van der Waals surface area contributed by atoms with Gasteiger partial charge in [0, 0.05) is 30.3 Å². The summed E-state index contributed by atoms with van der Waals surface area (Å²) in [6.07, 6.45) is 7.04. The molecule has 168 valence electrons. The summed E-state index contributed by atoms with van der Waals surface area (Å²) in [6.45, 7) is 4.35. The number of hydrogen-bond acceptors (Lipinski definition) is 5. The van der Waals surface area contributed by atoms with E-state index in [9.17, 15) is 4.79 Å². The molecular weight excluding hydrogens is 428 g/mol. The fourth-order valence-corrected chi connectivity index (χ4v) is 3.87. The minimum absolute atomic E-state index is 0. The van der Waals surface area contributed by atoms with Crippen molar-refractivity contribution in [3.8, 4) is 17.2 Å². The molecule has 2 heterocycles. The fraction of sp³-hybridized carbons (Fsp3) is 0.320. The molecule has 32 heavy (non-hydrogen) atoms. The number of rotatable bonds is 8. The van der Waals surface area contributed by atoms with Gasteiger partial charge in [0.25, 0.3) is 0 Å². The number of aromatic nitrogens is 2. The molecule has 0 radical (unpaired) electrons. The molecule has 1 aliphatic carbocycles. The Hall–Kier alpha value is -3.12. The Bertz CT molecular complexity index is 1120. The van der Waals surface area contributed by atoms with Gasteiger partial charge >= 0.3 is 5.97 Å². The highest BCUT2D eigenvalue weighted by Crippen LogP contribution is 2.35. The first kappa shape index (κ1) is 23.5. The van der Waals surface area contributed by atoms with Crippen LogP contribution in [-0.4, -0.2) is 27.7 Å². The maximum absolute atomic E-state index is 11.0. The van der Waals surface area contributed by atoms with E-state index in [2.05, 4.69) is 22.1 Å². The number of aliphatic carboxylic acids is 1. The van der Waals surface area contributed by atoms with Crippen molar-refractivity contribution in [3.05, 3.63) is 70.9 Å². The van der Waals surface area contributed by atoms with Crippen LogP contribution in [0.2, 0.25) is 0 Å². The molecule has 1 aromatic carbocycles. The van der Waals surface area contributed by atoms with Gasteiger partial charge in [0.15, 0.2) is 0 Å². The lowest BCUT2D eigenvalue weighted by Gasteiger charge is -2.20. The van der Waals surface area contributed by atoms with E-state index in [1.165, 1.54) is 0 Å². The van der Waals surface area contributed by atoms with E-state index < -0.39 is 5.97 Å².